The van der Waals surface area contributed by atoms with Crippen LogP contribution in [-0.4, -0.2) is 30.7 Å². The third-order valence-electron chi connectivity index (χ3n) is 4.73. The van der Waals surface area contributed by atoms with Crippen molar-refractivity contribution in [2.75, 3.05) is 24.6 Å². The van der Waals surface area contributed by atoms with Crippen LogP contribution in [0.15, 0.2) is 41.0 Å². The second-order valence-corrected chi connectivity index (χ2v) is 6.35. The number of aliphatic hydroxyl groups excluding tert-OH is 1. The molecule has 0 aliphatic carbocycles. The standard InChI is InChI=1S/C19H24N2O3/c1-14-18(8-11-24-14)19(23)20-12-15-2-4-17(5-3-15)21-9-6-16(13-22)7-10-21/h2-5,8,11,16,22H,6-7,9-10,12-13H2,1H3,(H,20,23). The normalized spacial score (nSPS) is 15.5. The van der Waals surface area contributed by atoms with Crippen LogP contribution in [0.2, 0.25) is 0 Å². The first-order valence-electron chi connectivity index (χ1n) is 8.44. The first kappa shape index (κ1) is 16.6. The van der Waals surface area contributed by atoms with Crippen molar-refractivity contribution < 1.29 is 14.3 Å². The maximum absolute atomic E-state index is 12.1. The molecule has 0 radical (unpaired) electrons. The second-order valence-electron chi connectivity index (χ2n) is 6.35. The zero-order valence-corrected chi connectivity index (χ0v) is 14.0. The molecule has 24 heavy (non-hydrogen) atoms. The Hall–Kier alpha value is -2.27. The number of carbonyl (C=O) groups is 1. The predicted molar refractivity (Wildman–Crippen MR) is 93.1 cm³/mol. The Morgan fingerprint density at radius 2 is 1.96 bits per heavy atom. The van der Waals surface area contributed by atoms with Crippen LogP contribution < -0.4 is 10.2 Å². The van der Waals surface area contributed by atoms with Crippen LogP contribution in [0, 0.1) is 12.8 Å². The molecule has 1 saturated heterocycles. The van der Waals surface area contributed by atoms with Gasteiger partial charge in [-0.2, -0.15) is 0 Å². The van der Waals surface area contributed by atoms with Gasteiger partial charge in [0.2, 0.25) is 0 Å². The summed E-state index contributed by atoms with van der Waals surface area (Å²) >= 11 is 0. The van der Waals surface area contributed by atoms with Crippen molar-refractivity contribution in [3.8, 4) is 0 Å². The largest absolute Gasteiger partial charge is 0.469 e. The fraction of sp³-hybridized carbons (Fsp3) is 0.421. The number of benzene rings is 1. The lowest BCUT2D eigenvalue weighted by molar-refractivity contribution is 0.0949. The molecule has 0 spiro atoms. The highest BCUT2D eigenvalue weighted by atomic mass is 16.3. The first-order valence-corrected chi connectivity index (χ1v) is 8.44. The quantitative estimate of drug-likeness (QED) is 0.886. The molecule has 0 bridgehead atoms. The smallest absolute Gasteiger partial charge is 0.255 e. The van der Waals surface area contributed by atoms with Gasteiger partial charge in [0.1, 0.15) is 5.76 Å². The summed E-state index contributed by atoms with van der Waals surface area (Å²) in [6.45, 7) is 4.55. The zero-order chi connectivity index (χ0) is 16.9. The number of amides is 1. The molecule has 1 amide bonds. The number of rotatable bonds is 5. The number of nitrogens with zero attached hydrogens (tertiary/aromatic N) is 1. The highest BCUT2D eigenvalue weighted by Gasteiger charge is 2.18. The van der Waals surface area contributed by atoms with Crippen molar-refractivity contribution in [2.24, 2.45) is 5.92 Å². The van der Waals surface area contributed by atoms with E-state index in [0.29, 0.717) is 30.4 Å². The Balaban J connectivity index is 1.53. The molecule has 1 aliphatic heterocycles. The molecule has 2 N–H and O–H groups in total. The molecule has 0 unspecified atom stereocenters. The minimum absolute atomic E-state index is 0.114. The summed E-state index contributed by atoms with van der Waals surface area (Å²) in [4.78, 5) is 14.4. The lowest BCUT2D eigenvalue weighted by Gasteiger charge is -2.33. The Morgan fingerprint density at radius 3 is 2.54 bits per heavy atom. The number of aliphatic hydroxyl groups is 1. The van der Waals surface area contributed by atoms with Gasteiger partial charge in [-0.15, -0.1) is 0 Å². The molecule has 2 heterocycles. The maximum Gasteiger partial charge on any atom is 0.255 e. The van der Waals surface area contributed by atoms with E-state index in [2.05, 4.69) is 34.5 Å². The van der Waals surface area contributed by atoms with Gasteiger partial charge in [0.25, 0.3) is 5.91 Å². The van der Waals surface area contributed by atoms with E-state index in [1.165, 1.54) is 12.0 Å². The number of aryl methyl sites for hydroxylation is 1. The number of hydrogen-bond acceptors (Lipinski definition) is 4. The van der Waals surface area contributed by atoms with Gasteiger partial charge in [-0.05, 0) is 49.4 Å². The van der Waals surface area contributed by atoms with Gasteiger partial charge in [0, 0.05) is 31.9 Å². The van der Waals surface area contributed by atoms with Crippen LogP contribution in [0.1, 0.15) is 34.5 Å². The van der Waals surface area contributed by atoms with Gasteiger partial charge in [-0.25, -0.2) is 0 Å². The van der Waals surface area contributed by atoms with E-state index in [1.54, 1.807) is 13.0 Å². The van der Waals surface area contributed by atoms with Crippen molar-refractivity contribution in [1.82, 2.24) is 5.32 Å². The molecule has 3 rings (SSSR count). The Labute approximate surface area is 142 Å². The van der Waals surface area contributed by atoms with E-state index in [-0.39, 0.29) is 5.91 Å². The van der Waals surface area contributed by atoms with Crippen LogP contribution in [-0.2, 0) is 6.54 Å². The van der Waals surface area contributed by atoms with E-state index in [0.717, 1.165) is 31.5 Å². The van der Waals surface area contributed by atoms with Gasteiger partial charge < -0.3 is 19.7 Å². The molecule has 1 aromatic carbocycles. The summed E-state index contributed by atoms with van der Waals surface area (Å²) in [7, 11) is 0. The second kappa shape index (κ2) is 7.53. The van der Waals surface area contributed by atoms with Crippen LogP contribution in [0.4, 0.5) is 5.69 Å². The minimum Gasteiger partial charge on any atom is -0.469 e. The SMILES string of the molecule is Cc1occc1C(=O)NCc1ccc(N2CCC(CO)CC2)cc1. The van der Waals surface area contributed by atoms with E-state index in [1.807, 2.05) is 0 Å². The van der Waals surface area contributed by atoms with Crippen molar-refractivity contribution in [3.63, 3.8) is 0 Å². The van der Waals surface area contributed by atoms with E-state index < -0.39 is 0 Å². The Morgan fingerprint density at radius 1 is 1.25 bits per heavy atom. The molecule has 2 aromatic rings. The lowest BCUT2D eigenvalue weighted by atomic mass is 9.97. The Bertz CT molecular complexity index is 670. The number of hydrogen-bond donors (Lipinski definition) is 2. The molecule has 1 fully saturated rings. The number of nitrogens with one attached hydrogen (secondary N) is 1. The maximum atomic E-state index is 12.1. The van der Waals surface area contributed by atoms with Crippen molar-refractivity contribution in [1.29, 1.82) is 0 Å². The van der Waals surface area contributed by atoms with Crippen LogP contribution in [0.25, 0.3) is 0 Å². The summed E-state index contributed by atoms with van der Waals surface area (Å²) < 4.78 is 5.15. The number of anilines is 1. The first-order chi connectivity index (χ1) is 11.7. The molecule has 5 nitrogen and oxygen atoms in total. The average Bonchev–Trinajstić information content (AvgIpc) is 3.06. The van der Waals surface area contributed by atoms with E-state index in [4.69, 9.17) is 4.42 Å². The highest BCUT2D eigenvalue weighted by Crippen LogP contribution is 2.23. The van der Waals surface area contributed by atoms with E-state index in [9.17, 15) is 9.90 Å². The Kier molecular flexibility index (Phi) is 5.20. The number of furan rings is 1. The summed E-state index contributed by atoms with van der Waals surface area (Å²) in [5.41, 5.74) is 2.85. The minimum atomic E-state index is -0.114. The molecule has 1 aliphatic rings. The molecular formula is C19H24N2O3. The summed E-state index contributed by atoms with van der Waals surface area (Å²) in [5.74, 6) is 0.965. The van der Waals surface area contributed by atoms with Gasteiger partial charge in [0.05, 0.1) is 11.8 Å². The average molecular weight is 328 g/mol. The molecule has 5 heteroatoms. The molecule has 0 saturated carbocycles. The number of carbonyl (C=O) groups excluding carboxylic acids is 1. The van der Waals surface area contributed by atoms with Crippen molar-refractivity contribution in [2.45, 2.75) is 26.3 Å². The van der Waals surface area contributed by atoms with Gasteiger partial charge in [0.15, 0.2) is 0 Å². The fourth-order valence-corrected chi connectivity index (χ4v) is 3.10. The summed E-state index contributed by atoms with van der Waals surface area (Å²) in [6, 6.07) is 9.99. The molecular weight excluding hydrogens is 304 g/mol. The molecule has 1 aromatic heterocycles. The third kappa shape index (κ3) is 3.79. The van der Waals surface area contributed by atoms with Crippen LogP contribution in [0.3, 0.4) is 0 Å². The highest BCUT2D eigenvalue weighted by molar-refractivity contribution is 5.94. The predicted octanol–water partition coefficient (Wildman–Crippen LogP) is 2.73. The number of piperidine rings is 1. The topological polar surface area (TPSA) is 65.7 Å². The fourth-order valence-electron chi connectivity index (χ4n) is 3.10. The molecule has 128 valence electrons. The molecule has 0 atom stereocenters. The van der Waals surface area contributed by atoms with Gasteiger partial charge in [-0.1, -0.05) is 12.1 Å². The zero-order valence-electron chi connectivity index (χ0n) is 14.0. The van der Waals surface area contributed by atoms with Crippen LogP contribution >= 0.6 is 0 Å². The summed E-state index contributed by atoms with van der Waals surface area (Å²) in [5, 5.41) is 12.1. The monoisotopic (exact) mass is 328 g/mol. The van der Waals surface area contributed by atoms with Gasteiger partial charge in [-0.3, -0.25) is 4.79 Å². The lowest BCUT2D eigenvalue weighted by Crippen LogP contribution is -2.34. The van der Waals surface area contributed by atoms with Crippen LogP contribution in [0.5, 0.6) is 0 Å². The summed E-state index contributed by atoms with van der Waals surface area (Å²) in [6.07, 6.45) is 3.61. The van der Waals surface area contributed by atoms with Crippen molar-refractivity contribution in [3.05, 3.63) is 53.5 Å². The van der Waals surface area contributed by atoms with E-state index >= 15 is 0 Å². The van der Waals surface area contributed by atoms with Crippen molar-refractivity contribution >= 4 is 11.6 Å². The van der Waals surface area contributed by atoms with Gasteiger partial charge >= 0.3 is 0 Å². The third-order valence-corrected chi connectivity index (χ3v) is 4.73.